The molecule has 0 radical (unpaired) electrons. The summed E-state index contributed by atoms with van der Waals surface area (Å²) in [6.07, 6.45) is 5.52. The minimum Gasteiger partial charge on any atom is -0.329 e. The standard InChI is InChI=1S/C12H20ClN3S/c1-2-9-3-4-16(10(5-9)6-14)8-12-15-7-11(13)17-12/h7,9-10H,2-6,8,14H2,1H3. The second kappa shape index (κ2) is 6.14. The van der Waals surface area contributed by atoms with E-state index in [1.165, 1.54) is 19.3 Å². The molecule has 2 N–H and O–H groups in total. The summed E-state index contributed by atoms with van der Waals surface area (Å²) in [5.41, 5.74) is 5.88. The van der Waals surface area contributed by atoms with Gasteiger partial charge < -0.3 is 5.73 Å². The van der Waals surface area contributed by atoms with Crippen LogP contribution in [0.3, 0.4) is 0 Å². The molecule has 2 unspecified atom stereocenters. The van der Waals surface area contributed by atoms with Crippen LogP contribution in [0.15, 0.2) is 6.20 Å². The molecule has 1 aromatic heterocycles. The van der Waals surface area contributed by atoms with Crippen LogP contribution < -0.4 is 5.73 Å². The Bertz CT molecular complexity index is 355. The number of halogens is 1. The molecule has 0 aromatic carbocycles. The van der Waals surface area contributed by atoms with E-state index in [0.717, 1.165) is 34.9 Å². The summed E-state index contributed by atoms with van der Waals surface area (Å²) >= 11 is 7.48. The van der Waals surface area contributed by atoms with Crippen molar-refractivity contribution in [3.63, 3.8) is 0 Å². The van der Waals surface area contributed by atoms with Gasteiger partial charge in [-0.2, -0.15) is 0 Å². The summed E-state index contributed by atoms with van der Waals surface area (Å²) in [6.45, 7) is 5.05. The monoisotopic (exact) mass is 273 g/mol. The van der Waals surface area contributed by atoms with Crippen molar-refractivity contribution in [3.05, 3.63) is 15.5 Å². The highest BCUT2D eigenvalue weighted by atomic mass is 35.5. The Morgan fingerprint density at radius 1 is 1.65 bits per heavy atom. The molecular formula is C12H20ClN3S. The largest absolute Gasteiger partial charge is 0.329 e. The Morgan fingerprint density at radius 3 is 3.06 bits per heavy atom. The number of aromatic nitrogens is 1. The van der Waals surface area contributed by atoms with Gasteiger partial charge in [-0.3, -0.25) is 4.90 Å². The number of hydrogen-bond donors (Lipinski definition) is 1. The van der Waals surface area contributed by atoms with Gasteiger partial charge in [-0.1, -0.05) is 24.9 Å². The van der Waals surface area contributed by atoms with Crippen molar-refractivity contribution in [1.82, 2.24) is 9.88 Å². The van der Waals surface area contributed by atoms with E-state index in [-0.39, 0.29) is 0 Å². The minimum absolute atomic E-state index is 0.511. The van der Waals surface area contributed by atoms with Crippen LogP contribution in [0.5, 0.6) is 0 Å². The van der Waals surface area contributed by atoms with Gasteiger partial charge in [-0.15, -0.1) is 11.3 Å². The zero-order valence-electron chi connectivity index (χ0n) is 10.2. The molecule has 96 valence electrons. The summed E-state index contributed by atoms with van der Waals surface area (Å²) in [7, 11) is 0. The van der Waals surface area contributed by atoms with Crippen LogP contribution in [0, 0.1) is 5.92 Å². The third kappa shape index (κ3) is 3.41. The van der Waals surface area contributed by atoms with Gasteiger partial charge in [0.2, 0.25) is 0 Å². The van der Waals surface area contributed by atoms with Crippen LogP contribution in [0.25, 0.3) is 0 Å². The van der Waals surface area contributed by atoms with Gasteiger partial charge in [0, 0.05) is 12.6 Å². The van der Waals surface area contributed by atoms with Crippen LogP contribution >= 0.6 is 22.9 Å². The van der Waals surface area contributed by atoms with Crippen LogP contribution in [-0.4, -0.2) is 29.0 Å². The Morgan fingerprint density at radius 2 is 2.47 bits per heavy atom. The molecule has 17 heavy (non-hydrogen) atoms. The summed E-state index contributed by atoms with van der Waals surface area (Å²) < 4.78 is 0.771. The SMILES string of the molecule is CCC1CCN(Cc2ncc(Cl)s2)C(CN)C1. The van der Waals surface area contributed by atoms with Crippen molar-refractivity contribution in [3.8, 4) is 0 Å². The average molecular weight is 274 g/mol. The molecule has 1 aliphatic heterocycles. The average Bonchev–Trinajstić information content (AvgIpc) is 2.75. The zero-order chi connectivity index (χ0) is 12.3. The van der Waals surface area contributed by atoms with Crippen LogP contribution in [0.1, 0.15) is 31.2 Å². The first kappa shape index (κ1) is 13.3. The lowest BCUT2D eigenvalue weighted by Gasteiger charge is -2.38. The number of piperidine rings is 1. The molecule has 2 atom stereocenters. The third-order valence-corrected chi connectivity index (χ3v) is 4.76. The third-order valence-electron chi connectivity index (χ3n) is 3.66. The summed E-state index contributed by atoms with van der Waals surface area (Å²) in [6, 6.07) is 0.511. The number of thiazole rings is 1. The molecule has 0 saturated carbocycles. The maximum atomic E-state index is 5.91. The van der Waals surface area contributed by atoms with E-state index in [9.17, 15) is 0 Å². The maximum Gasteiger partial charge on any atom is 0.113 e. The van der Waals surface area contributed by atoms with Crippen LogP contribution in [0.4, 0.5) is 0 Å². The fraction of sp³-hybridized carbons (Fsp3) is 0.750. The lowest BCUT2D eigenvalue weighted by molar-refractivity contribution is 0.107. The predicted octanol–water partition coefficient (Wildman–Crippen LogP) is 2.75. The number of rotatable bonds is 4. The Hall–Kier alpha value is -0.160. The van der Waals surface area contributed by atoms with Gasteiger partial charge >= 0.3 is 0 Å². The summed E-state index contributed by atoms with van der Waals surface area (Å²) in [5, 5.41) is 1.10. The number of nitrogens with two attached hydrogens (primary N) is 1. The Kier molecular flexibility index (Phi) is 4.79. The first-order valence-electron chi connectivity index (χ1n) is 6.27. The second-order valence-corrected chi connectivity index (χ2v) is 6.46. The smallest absolute Gasteiger partial charge is 0.113 e. The molecule has 1 saturated heterocycles. The zero-order valence-corrected chi connectivity index (χ0v) is 11.8. The molecule has 1 fully saturated rings. The van der Waals surface area contributed by atoms with Crippen molar-refractivity contribution in [2.45, 2.75) is 38.8 Å². The molecule has 0 amide bonds. The van der Waals surface area contributed by atoms with Crippen molar-refractivity contribution in [1.29, 1.82) is 0 Å². The Labute approximate surface area is 112 Å². The quantitative estimate of drug-likeness (QED) is 0.917. The summed E-state index contributed by atoms with van der Waals surface area (Å²) in [5.74, 6) is 0.847. The normalized spacial score (nSPS) is 26.3. The molecule has 0 bridgehead atoms. The highest BCUT2D eigenvalue weighted by molar-refractivity contribution is 7.15. The lowest BCUT2D eigenvalue weighted by atomic mass is 9.89. The van der Waals surface area contributed by atoms with Crippen molar-refractivity contribution in [2.24, 2.45) is 11.7 Å². The van der Waals surface area contributed by atoms with E-state index in [0.29, 0.717) is 6.04 Å². The lowest BCUT2D eigenvalue weighted by Crippen LogP contribution is -2.45. The fourth-order valence-electron chi connectivity index (χ4n) is 2.54. The van der Waals surface area contributed by atoms with Crippen molar-refractivity contribution in [2.75, 3.05) is 13.1 Å². The van der Waals surface area contributed by atoms with Gasteiger partial charge in [-0.05, 0) is 25.3 Å². The molecule has 0 spiro atoms. The van der Waals surface area contributed by atoms with E-state index >= 15 is 0 Å². The van der Waals surface area contributed by atoms with E-state index in [4.69, 9.17) is 17.3 Å². The predicted molar refractivity (Wildman–Crippen MR) is 73.4 cm³/mol. The van der Waals surface area contributed by atoms with E-state index in [1.54, 1.807) is 17.5 Å². The second-order valence-electron chi connectivity index (χ2n) is 4.72. The highest BCUT2D eigenvalue weighted by Gasteiger charge is 2.27. The number of hydrogen-bond acceptors (Lipinski definition) is 4. The maximum absolute atomic E-state index is 5.91. The topological polar surface area (TPSA) is 42.2 Å². The first-order chi connectivity index (χ1) is 8.22. The molecule has 1 aromatic rings. The van der Waals surface area contributed by atoms with Crippen molar-refractivity contribution >= 4 is 22.9 Å². The highest BCUT2D eigenvalue weighted by Crippen LogP contribution is 2.27. The van der Waals surface area contributed by atoms with E-state index in [2.05, 4.69) is 16.8 Å². The molecule has 1 aliphatic rings. The van der Waals surface area contributed by atoms with Gasteiger partial charge in [0.25, 0.3) is 0 Å². The van der Waals surface area contributed by atoms with Crippen LogP contribution in [-0.2, 0) is 6.54 Å². The van der Waals surface area contributed by atoms with Gasteiger partial charge in [0.05, 0.1) is 12.7 Å². The summed E-state index contributed by atoms with van der Waals surface area (Å²) in [4.78, 5) is 6.78. The Balaban J connectivity index is 1.95. The molecule has 5 heteroatoms. The van der Waals surface area contributed by atoms with Gasteiger partial charge in [0.15, 0.2) is 0 Å². The van der Waals surface area contributed by atoms with Gasteiger partial charge in [-0.25, -0.2) is 4.98 Å². The molecular weight excluding hydrogens is 254 g/mol. The molecule has 2 rings (SSSR count). The van der Waals surface area contributed by atoms with E-state index < -0.39 is 0 Å². The first-order valence-corrected chi connectivity index (χ1v) is 7.46. The number of nitrogens with zero attached hydrogens (tertiary/aromatic N) is 2. The van der Waals surface area contributed by atoms with Crippen LogP contribution in [0.2, 0.25) is 4.34 Å². The fourth-order valence-corrected chi connectivity index (χ4v) is 3.52. The molecule has 0 aliphatic carbocycles. The van der Waals surface area contributed by atoms with Gasteiger partial charge in [0.1, 0.15) is 9.34 Å². The number of likely N-dealkylation sites (tertiary alicyclic amines) is 1. The minimum atomic E-state index is 0.511. The molecule has 2 heterocycles. The van der Waals surface area contributed by atoms with Crippen molar-refractivity contribution < 1.29 is 0 Å². The van der Waals surface area contributed by atoms with E-state index in [1.807, 2.05) is 0 Å². The molecule has 3 nitrogen and oxygen atoms in total.